The highest BCUT2D eigenvalue weighted by Gasteiger charge is 2.42. The molecule has 0 bridgehead atoms. The van der Waals surface area contributed by atoms with Gasteiger partial charge >= 0.3 is 5.97 Å². The molecule has 1 aliphatic rings. The molecule has 1 amide bonds. The Kier molecular flexibility index (Phi) is 4.38. The summed E-state index contributed by atoms with van der Waals surface area (Å²) in [4.78, 5) is 25.2. The van der Waals surface area contributed by atoms with Gasteiger partial charge in [0.25, 0.3) is 5.91 Å². The molecule has 1 aromatic rings. The van der Waals surface area contributed by atoms with Crippen molar-refractivity contribution in [2.45, 2.75) is 19.1 Å². The minimum Gasteiger partial charge on any atom is -0.481 e. The number of nitrogens with zero attached hydrogens (tertiary/aromatic N) is 1. The highest BCUT2D eigenvalue weighted by molar-refractivity contribution is 7.97. The van der Waals surface area contributed by atoms with Crippen LogP contribution in [0.25, 0.3) is 0 Å². The monoisotopic (exact) mass is 293 g/mol. The molecule has 108 valence electrons. The summed E-state index contributed by atoms with van der Waals surface area (Å²) in [5.74, 6) is 0.0173. The van der Waals surface area contributed by atoms with Crippen LogP contribution in [0, 0.1) is 5.41 Å². The number of carbonyl (C=O) groups excluding carboxylic acids is 1. The van der Waals surface area contributed by atoms with Gasteiger partial charge in [0, 0.05) is 24.4 Å². The molecule has 0 saturated carbocycles. The number of carbonyl (C=O) groups is 2. The number of carboxylic acids is 1. The van der Waals surface area contributed by atoms with E-state index in [1.165, 1.54) is 5.56 Å². The SMILES string of the molecule is CSCc1ccc(C(=O)N2CC[C@](C)(C(=O)O)C2)cc1. The number of benzene rings is 1. The lowest BCUT2D eigenvalue weighted by Crippen LogP contribution is -2.34. The molecular weight excluding hydrogens is 274 g/mol. The molecule has 1 heterocycles. The molecule has 0 spiro atoms. The molecule has 1 atom stereocenters. The van der Waals surface area contributed by atoms with Gasteiger partial charge in [0.15, 0.2) is 0 Å². The normalized spacial score (nSPS) is 22.0. The van der Waals surface area contributed by atoms with E-state index in [4.69, 9.17) is 0 Å². The number of hydrogen-bond acceptors (Lipinski definition) is 3. The van der Waals surface area contributed by atoms with Crippen molar-refractivity contribution in [2.24, 2.45) is 5.41 Å². The Morgan fingerprint density at radius 2 is 2.00 bits per heavy atom. The average molecular weight is 293 g/mol. The summed E-state index contributed by atoms with van der Waals surface area (Å²) in [5, 5.41) is 9.20. The molecule has 5 heteroatoms. The third-order valence-corrected chi connectivity index (χ3v) is 4.41. The van der Waals surface area contributed by atoms with Crippen LogP contribution in [-0.4, -0.2) is 41.2 Å². The summed E-state index contributed by atoms with van der Waals surface area (Å²) in [5.41, 5.74) is 1.00. The van der Waals surface area contributed by atoms with E-state index >= 15 is 0 Å². The summed E-state index contributed by atoms with van der Waals surface area (Å²) in [7, 11) is 0. The molecule has 2 rings (SSSR count). The van der Waals surface area contributed by atoms with Crippen molar-refractivity contribution >= 4 is 23.6 Å². The Balaban J connectivity index is 2.07. The molecular formula is C15H19NO3S. The summed E-state index contributed by atoms with van der Waals surface area (Å²) in [6.45, 7) is 2.49. The van der Waals surface area contributed by atoms with Crippen molar-refractivity contribution in [3.63, 3.8) is 0 Å². The minimum absolute atomic E-state index is 0.0781. The molecule has 1 aliphatic heterocycles. The quantitative estimate of drug-likeness (QED) is 0.926. The van der Waals surface area contributed by atoms with Crippen LogP contribution in [0.3, 0.4) is 0 Å². The van der Waals surface area contributed by atoms with Gasteiger partial charge in [0.1, 0.15) is 0 Å². The molecule has 1 saturated heterocycles. The number of likely N-dealkylation sites (tertiary alicyclic amines) is 1. The molecule has 0 aliphatic carbocycles. The zero-order valence-electron chi connectivity index (χ0n) is 11.8. The number of carboxylic acid groups (broad SMARTS) is 1. The van der Waals surface area contributed by atoms with Gasteiger partial charge in [-0.1, -0.05) is 12.1 Å². The largest absolute Gasteiger partial charge is 0.481 e. The first kappa shape index (κ1) is 14.9. The summed E-state index contributed by atoms with van der Waals surface area (Å²) < 4.78 is 0. The van der Waals surface area contributed by atoms with E-state index in [1.54, 1.807) is 23.6 Å². The van der Waals surface area contributed by atoms with E-state index in [-0.39, 0.29) is 12.5 Å². The number of aliphatic carboxylic acids is 1. The maximum absolute atomic E-state index is 12.4. The fourth-order valence-corrected chi connectivity index (χ4v) is 2.93. The van der Waals surface area contributed by atoms with Crippen LogP contribution < -0.4 is 0 Å². The number of amides is 1. The first-order valence-corrected chi connectivity index (χ1v) is 7.96. The topological polar surface area (TPSA) is 57.6 Å². The lowest BCUT2D eigenvalue weighted by atomic mass is 9.90. The van der Waals surface area contributed by atoms with Gasteiger partial charge in [-0.05, 0) is 37.3 Å². The Morgan fingerprint density at radius 1 is 1.35 bits per heavy atom. The summed E-state index contributed by atoms with van der Waals surface area (Å²) in [6, 6.07) is 7.56. The van der Waals surface area contributed by atoms with Crippen molar-refractivity contribution in [3.05, 3.63) is 35.4 Å². The minimum atomic E-state index is -0.830. The lowest BCUT2D eigenvalue weighted by molar-refractivity contribution is -0.147. The van der Waals surface area contributed by atoms with Crippen LogP contribution in [0.5, 0.6) is 0 Å². The fourth-order valence-electron chi connectivity index (χ4n) is 2.40. The van der Waals surface area contributed by atoms with Crippen LogP contribution in [0.15, 0.2) is 24.3 Å². The first-order valence-electron chi connectivity index (χ1n) is 6.57. The number of hydrogen-bond donors (Lipinski definition) is 1. The Morgan fingerprint density at radius 3 is 2.50 bits per heavy atom. The van der Waals surface area contributed by atoms with Crippen molar-refractivity contribution in [2.75, 3.05) is 19.3 Å². The lowest BCUT2D eigenvalue weighted by Gasteiger charge is -2.20. The van der Waals surface area contributed by atoms with E-state index in [1.807, 2.05) is 30.5 Å². The second-order valence-corrected chi connectivity index (χ2v) is 6.34. The van der Waals surface area contributed by atoms with Crippen LogP contribution in [0.1, 0.15) is 29.3 Å². The maximum atomic E-state index is 12.4. The van der Waals surface area contributed by atoms with Gasteiger partial charge in [-0.3, -0.25) is 9.59 Å². The van der Waals surface area contributed by atoms with Crippen molar-refractivity contribution in [3.8, 4) is 0 Å². The highest BCUT2D eigenvalue weighted by atomic mass is 32.2. The van der Waals surface area contributed by atoms with E-state index in [9.17, 15) is 14.7 Å². The Labute approximate surface area is 123 Å². The molecule has 0 unspecified atom stereocenters. The van der Waals surface area contributed by atoms with Gasteiger partial charge in [0.2, 0.25) is 0 Å². The molecule has 4 nitrogen and oxygen atoms in total. The number of thioether (sulfide) groups is 1. The predicted molar refractivity (Wildman–Crippen MR) is 79.9 cm³/mol. The molecule has 0 aromatic heterocycles. The van der Waals surface area contributed by atoms with Crippen LogP contribution in [0.4, 0.5) is 0 Å². The van der Waals surface area contributed by atoms with Crippen molar-refractivity contribution in [1.29, 1.82) is 0 Å². The van der Waals surface area contributed by atoms with Gasteiger partial charge in [0.05, 0.1) is 5.41 Å². The summed E-state index contributed by atoms with van der Waals surface area (Å²) in [6.07, 6.45) is 2.55. The zero-order valence-corrected chi connectivity index (χ0v) is 12.6. The standard InChI is InChI=1S/C15H19NO3S/c1-15(14(18)19)7-8-16(10-15)13(17)12-5-3-11(4-6-12)9-20-2/h3-6H,7-10H2,1-2H3,(H,18,19)/t15-/m0/s1. The molecule has 0 radical (unpaired) electrons. The number of rotatable bonds is 4. The van der Waals surface area contributed by atoms with E-state index in [2.05, 4.69) is 0 Å². The van der Waals surface area contributed by atoms with Crippen LogP contribution in [0.2, 0.25) is 0 Å². The first-order chi connectivity index (χ1) is 9.46. The zero-order chi connectivity index (χ0) is 14.8. The van der Waals surface area contributed by atoms with Crippen LogP contribution in [-0.2, 0) is 10.5 Å². The molecule has 1 N–H and O–H groups in total. The third kappa shape index (κ3) is 2.98. The molecule has 1 fully saturated rings. The smallest absolute Gasteiger partial charge is 0.311 e. The molecule has 20 heavy (non-hydrogen) atoms. The Hall–Kier alpha value is -1.49. The van der Waals surface area contributed by atoms with Gasteiger partial charge in [-0.2, -0.15) is 11.8 Å². The highest BCUT2D eigenvalue weighted by Crippen LogP contribution is 2.31. The Bertz CT molecular complexity index is 514. The fraction of sp³-hybridized carbons (Fsp3) is 0.467. The predicted octanol–water partition coefficient (Wildman–Crippen LogP) is 2.49. The third-order valence-electron chi connectivity index (χ3n) is 3.79. The van der Waals surface area contributed by atoms with Crippen molar-refractivity contribution in [1.82, 2.24) is 4.90 Å². The van der Waals surface area contributed by atoms with E-state index in [0.29, 0.717) is 18.5 Å². The van der Waals surface area contributed by atoms with Crippen LogP contribution >= 0.6 is 11.8 Å². The average Bonchev–Trinajstić information content (AvgIpc) is 2.83. The van der Waals surface area contributed by atoms with E-state index < -0.39 is 11.4 Å². The summed E-state index contributed by atoms with van der Waals surface area (Å²) >= 11 is 1.74. The second kappa shape index (κ2) is 5.87. The van der Waals surface area contributed by atoms with Gasteiger partial charge in [-0.15, -0.1) is 0 Å². The maximum Gasteiger partial charge on any atom is 0.311 e. The van der Waals surface area contributed by atoms with Gasteiger partial charge in [-0.25, -0.2) is 0 Å². The van der Waals surface area contributed by atoms with Crippen molar-refractivity contribution < 1.29 is 14.7 Å². The van der Waals surface area contributed by atoms with E-state index in [0.717, 1.165) is 5.75 Å². The molecule has 1 aromatic carbocycles. The van der Waals surface area contributed by atoms with Gasteiger partial charge < -0.3 is 10.0 Å². The second-order valence-electron chi connectivity index (χ2n) is 5.47.